The molecule has 0 heterocycles. The molecule has 1 aromatic carbocycles. The topological polar surface area (TPSA) is 49.3 Å². The number of aliphatic hydroxyl groups excluding tert-OH is 1. The number of amides is 1. The second-order valence-corrected chi connectivity index (χ2v) is 5.08. The Morgan fingerprint density at radius 3 is 2.44 bits per heavy atom. The average molecular weight is 270 g/mol. The van der Waals surface area contributed by atoms with Crippen molar-refractivity contribution < 1.29 is 9.90 Å². The van der Waals surface area contributed by atoms with Crippen LogP contribution in [-0.2, 0) is 4.79 Å². The van der Waals surface area contributed by atoms with Crippen LogP contribution in [-0.4, -0.2) is 24.2 Å². The predicted molar refractivity (Wildman–Crippen MR) is 73.7 cm³/mol. The highest BCUT2D eigenvalue weighted by Crippen LogP contribution is 2.25. The third-order valence-corrected chi connectivity index (χ3v) is 3.06. The number of halogens is 1. The van der Waals surface area contributed by atoms with Crippen molar-refractivity contribution in [1.29, 1.82) is 0 Å². The number of nitrogens with one attached hydrogen (secondary N) is 1. The molecule has 3 nitrogen and oxygen atoms in total. The predicted octanol–water partition coefficient (Wildman–Crippen LogP) is 2.58. The number of aliphatic hydroxyl groups is 1. The van der Waals surface area contributed by atoms with Gasteiger partial charge in [-0.05, 0) is 30.0 Å². The second kappa shape index (κ2) is 7.39. The Morgan fingerprint density at radius 2 is 1.94 bits per heavy atom. The van der Waals surface area contributed by atoms with Crippen molar-refractivity contribution >= 4 is 17.5 Å². The molecule has 1 aromatic rings. The second-order valence-electron chi connectivity index (χ2n) is 4.64. The van der Waals surface area contributed by atoms with Crippen molar-refractivity contribution in [2.24, 2.45) is 5.92 Å². The largest absolute Gasteiger partial charge is 0.396 e. The lowest BCUT2D eigenvalue weighted by Gasteiger charge is -2.20. The summed E-state index contributed by atoms with van der Waals surface area (Å²) in [6.45, 7) is 4.63. The Morgan fingerprint density at radius 1 is 1.33 bits per heavy atom. The number of hydrogen-bond acceptors (Lipinski definition) is 2. The maximum absolute atomic E-state index is 12.1. The van der Waals surface area contributed by atoms with E-state index in [2.05, 4.69) is 5.32 Å². The van der Waals surface area contributed by atoms with Gasteiger partial charge in [0.2, 0.25) is 5.91 Å². The first-order chi connectivity index (χ1) is 8.56. The lowest BCUT2D eigenvalue weighted by Crippen LogP contribution is -2.33. The van der Waals surface area contributed by atoms with Gasteiger partial charge in [0.1, 0.15) is 0 Å². The monoisotopic (exact) mass is 269 g/mol. The van der Waals surface area contributed by atoms with E-state index in [1.54, 1.807) is 12.1 Å². The fourth-order valence-corrected chi connectivity index (χ4v) is 2.04. The van der Waals surface area contributed by atoms with E-state index in [9.17, 15) is 4.79 Å². The van der Waals surface area contributed by atoms with E-state index in [0.717, 1.165) is 5.56 Å². The Balaban J connectivity index is 2.76. The van der Waals surface area contributed by atoms with Crippen molar-refractivity contribution in [3.8, 4) is 0 Å². The number of benzene rings is 1. The molecule has 0 saturated heterocycles. The molecule has 1 atom stereocenters. The van der Waals surface area contributed by atoms with Crippen molar-refractivity contribution in [3.05, 3.63) is 34.9 Å². The molecule has 2 N–H and O–H groups in total. The minimum absolute atomic E-state index is 0.000715. The molecule has 0 radical (unpaired) electrons. The van der Waals surface area contributed by atoms with E-state index in [1.807, 2.05) is 26.0 Å². The summed E-state index contributed by atoms with van der Waals surface area (Å²) >= 11 is 5.85. The number of rotatable bonds is 6. The van der Waals surface area contributed by atoms with Crippen molar-refractivity contribution in [1.82, 2.24) is 5.32 Å². The summed E-state index contributed by atoms with van der Waals surface area (Å²) in [6, 6.07) is 7.37. The summed E-state index contributed by atoms with van der Waals surface area (Å²) < 4.78 is 0. The third kappa shape index (κ3) is 4.31. The van der Waals surface area contributed by atoms with Gasteiger partial charge in [-0.1, -0.05) is 37.6 Å². The van der Waals surface area contributed by atoms with Gasteiger partial charge in [0.15, 0.2) is 0 Å². The Labute approximate surface area is 113 Å². The molecule has 0 fully saturated rings. The molecule has 0 aliphatic heterocycles. The van der Waals surface area contributed by atoms with Crippen LogP contribution in [0.15, 0.2) is 24.3 Å². The first-order valence-electron chi connectivity index (χ1n) is 6.20. The highest BCUT2D eigenvalue weighted by atomic mass is 35.5. The minimum Gasteiger partial charge on any atom is -0.396 e. The van der Waals surface area contributed by atoms with Crippen molar-refractivity contribution in [3.63, 3.8) is 0 Å². The summed E-state index contributed by atoms with van der Waals surface area (Å²) in [6.07, 6.45) is 0.581. The van der Waals surface area contributed by atoms with E-state index in [1.165, 1.54) is 0 Å². The quantitative estimate of drug-likeness (QED) is 0.780. The molecule has 0 aromatic heterocycles. The lowest BCUT2D eigenvalue weighted by molar-refractivity contribution is -0.123. The molecule has 1 amide bonds. The van der Waals surface area contributed by atoms with E-state index < -0.39 is 0 Å². The first-order valence-corrected chi connectivity index (χ1v) is 6.58. The summed E-state index contributed by atoms with van der Waals surface area (Å²) in [5.41, 5.74) is 0.968. The maximum Gasteiger partial charge on any atom is 0.227 e. The van der Waals surface area contributed by atoms with Crippen molar-refractivity contribution in [2.45, 2.75) is 26.2 Å². The zero-order chi connectivity index (χ0) is 13.5. The number of hydrogen-bond donors (Lipinski definition) is 2. The highest BCUT2D eigenvalue weighted by molar-refractivity contribution is 6.30. The molecule has 0 saturated carbocycles. The molecule has 100 valence electrons. The standard InChI is InChI=1S/C14H20ClNO2/c1-10(2)13(14(18)16-8-3-9-17)11-4-6-12(15)7-5-11/h4-7,10,13,17H,3,8-9H2,1-2H3,(H,16,18). The fraction of sp³-hybridized carbons (Fsp3) is 0.500. The van der Waals surface area contributed by atoms with E-state index in [4.69, 9.17) is 16.7 Å². The van der Waals surface area contributed by atoms with Gasteiger partial charge in [-0.25, -0.2) is 0 Å². The van der Waals surface area contributed by atoms with Crippen LogP contribution in [0.4, 0.5) is 0 Å². The van der Waals surface area contributed by atoms with E-state index in [0.29, 0.717) is 18.0 Å². The normalized spacial score (nSPS) is 12.5. The Hall–Kier alpha value is -1.06. The zero-order valence-electron chi connectivity index (χ0n) is 10.8. The van der Waals surface area contributed by atoms with Crippen LogP contribution in [0, 0.1) is 5.92 Å². The van der Waals surface area contributed by atoms with Gasteiger partial charge in [0, 0.05) is 18.2 Å². The zero-order valence-corrected chi connectivity index (χ0v) is 11.6. The number of carbonyl (C=O) groups is 1. The smallest absolute Gasteiger partial charge is 0.227 e. The van der Waals surface area contributed by atoms with Crippen LogP contribution in [0.25, 0.3) is 0 Å². The Kier molecular flexibility index (Phi) is 6.16. The van der Waals surface area contributed by atoms with Gasteiger partial charge >= 0.3 is 0 Å². The summed E-state index contributed by atoms with van der Waals surface area (Å²) in [7, 11) is 0. The summed E-state index contributed by atoms with van der Waals surface area (Å²) in [5, 5.41) is 12.2. The molecule has 0 bridgehead atoms. The van der Waals surface area contributed by atoms with Crippen LogP contribution in [0.5, 0.6) is 0 Å². The Bertz CT molecular complexity index is 376. The number of carbonyl (C=O) groups excluding carboxylic acids is 1. The molecule has 18 heavy (non-hydrogen) atoms. The highest BCUT2D eigenvalue weighted by Gasteiger charge is 2.23. The fourth-order valence-electron chi connectivity index (χ4n) is 1.91. The van der Waals surface area contributed by atoms with Crippen LogP contribution in [0.3, 0.4) is 0 Å². The minimum atomic E-state index is -0.180. The molecule has 1 unspecified atom stereocenters. The van der Waals surface area contributed by atoms with Gasteiger partial charge in [0.25, 0.3) is 0 Å². The van der Waals surface area contributed by atoms with Gasteiger partial charge < -0.3 is 10.4 Å². The molecular formula is C14H20ClNO2. The lowest BCUT2D eigenvalue weighted by atomic mass is 9.87. The third-order valence-electron chi connectivity index (χ3n) is 2.81. The van der Waals surface area contributed by atoms with E-state index in [-0.39, 0.29) is 24.3 Å². The molecule has 0 aliphatic carbocycles. The molecular weight excluding hydrogens is 250 g/mol. The molecule has 4 heteroatoms. The van der Waals surface area contributed by atoms with Crippen LogP contribution in [0.1, 0.15) is 31.7 Å². The molecule has 0 spiro atoms. The average Bonchev–Trinajstić information content (AvgIpc) is 2.32. The van der Waals surface area contributed by atoms with Crippen molar-refractivity contribution in [2.75, 3.05) is 13.2 Å². The van der Waals surface area contributed by atoms with Gasteiger partial charge in [-0.15, -0.1) is 0 Å². The van der Waals surface area contributed by atoms with Gasteiger partial charge in [-0.3, -0.25) is 4.79 Å². The molecule has 1 rings (SSSR count). The summed E-state index contributed by atoms with van der Waals surface area (Å²) in [5.74, 6) is 0.0297. The SMILES string of the molecule is CC(C)C(C(=O)NCCCO)c1ccc(Cl)cc1. The first kappa shape index (κ1) is 15.0. The van der Waals surface area contributed by atoms with Gasteiger partial charge in [-0.2, -0.15) is 0 Å². The maximum atomic E-state index is 12.1. The molecule has 0 aliphatic rings. The van der Waals surface area contributed by atoms with Crippen LogP contribution >= 0.6 is 11.6 Å². The van der Waals surface area contributed by atoms with Crippen LogP contribution < -0.4 is 5.32 Å². The van der Waals surface area contributed by atoms with Crippen LogP contribution in [0.2, 0.25) is 5.02 Å². The summed E-state index contributed by atoms with van der Waals surface area (Å²) in [4.78, 5) is 12.1. The van der Waals surface area contributed by atoms with E-state index >= 15 is 0 Å². The van der Waals surface area contributed by atoms with Gasteiger partial charge in [0.05, 0.1) is 5.92 Å².